The Kier molecular flexibility index (Phi) is 7.62. The van der Waals surface area contributed by atoms with Crippen LogP contribution >= 0.6 is 0 Å². The van der Waals surface area contributed by atoms with Crippen molar-refractivity contribution in [3.8, 4) is 72.9 Å². The van der Waals surface area contributed by atoms with Gasteiger partial charge in [0.2, 0.25) is 0 Å². The lowest BCUT2D eigenvalue weighted by atomic mass is 9.85. The predicted molar refractivity (Wildman–Crippen MR) is 307 cm³/mol. The minimum absolute atomic E-state index is 0.693. The van der Waals surface area contributed by atoms with Crippen LogP contribution in [-0.2, 0) is 6.42 Å². The van der Waals surface area contributed by atoms with Gasteiger partial charge in [-0.25, -0.2) is 0 Å². The highest BCUT2D eigenvalue weighted by Crippen LogP contribution is 2.57. The first-order valence-corrected chi connectivity index (χ1v) is 25.8. The summed E-state index contributed by atoms with van der Waals surface area (Å²) in [6.07, 6.45) is 5.06. The van der Waals surface area contributed by atoms with Gasteiger partial charge in [-0.05, 0) is 125 Å². The minimum Gasteiger partial charge on any atom is -0.456 e. The van der Waals surface area contributed by atoms with Crippen molar-refractivity contribution in [3.05, 3.63) is 235 Å². The largest absolute Gasteiger partial charge is 0.456 e. The van der Waals surface area contributed by atoms with E-state index in [-0.39, 0.29) is 0 Å². The summed E-state index contributed by atoms with van der Waals surface area (Å²) in [4.78, 5) is 0. The van der Waals surface area contributed by atoms with E-state index in [1.807, 2.05) is 0 Å². The average molecular weight is 955 g/mol. The van der Waals surface area contributed by atoms with E-state index in [0.29, 0.717) is 6.42 Å². The van der Waals surface area contributed by atoms with Crippen LogP contribution in [0.1, 0.15) is 16.7 Å². The smallest absolute Gasteiger partial charge is 0.143 e. The Morgan fingerprint density at radius 2 is 0.787 bits per heavy atom. The molecule has 0 atom stereocenters. The van der Waals surface area contributed by atoms with Gasteiger partial charge in [0.25, 0.3) is 0 Å². The summed E-state index contributed by atoms with van der Waals surface area (Å²) in [6, 6.07) is 74.3. The maximum atomic E-state index is 7.26. The summed E-state index contributed by atoms with van der Waals surface area (Å²) in [6.45, 7) is 0. The van der Waals surface area contributed by atoms with Crippen LogP contribution in [0.25, 0.3) is 154 Å². The molecule has 4 heteroatoms. The number of hydrogen-bond donors (Lipinski definition) is 0. The first-order chi connectivity index (χ1) is 37.2. The molecule has 1 aliphatic carbocycles. The van der Waals surface area contributed by atoms with Crippen LogP contribution in [0.2, 0.25) is 0 Å². The summed E-state index contributed by atoms with van der Waals surface area (Å²) >= 11 is 0. The lowest BCUT2D eigenvalue weighted by Crippen LogP contribution is -2.07. The second kappa shape index (κ2) is 14.4. The lowest BCUT2D eigenvalue weighted by Gasteiger charge is -2.26. The number of allylic oxidation sites excluding steroid dienone is 2. The molecule has 0 unspecified atom stereocenters. The molecule has 4 nitrogen and oxygen atoms in total. The number of rotatable bonds is 4. The first kappa shape index (κ1) is 39.7. The average Bonchev–Trinajstić information content (AvgIpc) is 3.81. The van der Waals surface area contributed by atoms with Gasteiger partial charge in [0.15, 0.2) is 0 Å². The molecule has 0 aromatic heterocycles. The number of fused-ring (bicyclic) bond motifs is 3. The summed E-state index contributed by atoms with van der Waals surface area (Å²) in [5.41, 5.74) is 18.8. The van der Waals surface area contributed by atoms with E-state index in [1.54, 1.807) is 0 Å². The highest BCUT2D eigenvalue weighted by Gasteiger charge is 2.35. The van der Waals surface area contributed by atoms with Crippen molar-refractivity contribution < 1.29 is 18.3 Å². The Hall–Kier alpha value is -9.90. The minimum atomic E-state index is 0.693. The standard InChI is InChI=1S/C71H38O4/c1-3-13-44-38(9-1)11-7-17-46(44)52-27-19-40-23-33-58-57-37-56(40)68(52)73-59-34-24-41-20-29-54(69(72-58)62(41)65(57)59)50-31-32-51(49-16-6-5-15-48(49)50)55-30-22-43-26-35-60-67-64(43)71(55)75-61-36-25-42-21-28-53(70(74-60)63(42)66(61)67)47-18-8-12-39-10-2-4-14-45(39)47/h1-36H,37H2. The Bertz CT molecular complexity index is 5080. The van der Waals surface area contributed by atoms with E-state index < -0.39 is 0 Å². The van der Waals surface area contributed by atoms with Gasteiger partial charge in [0, 0.05) is 72.7 Å². The van der Waals surface area contributed by atoms with E-state index in [4.69, 9.17) is 18.3 Å². The highest BCUT2D eigenvalue weighted by atomic mass is 16.5. The van der Waals surface area contributed by atoms with Crippen LogP contribution < -0.4 is 9.47 Å². The molecule has 4 heterocycles. The van der Waals surface area contributed by atoms with Gasteiger partial charge >= 0.3 is 0 Å². The fourth-order valence-corrected chi connectivity index (χ4v) is 13.4. The quantitative estimate of drug-likeness (QED) is 0.130. The zero-order valence-electron chi connectivity index (χ0n) is 40.1. The molecular formula is C71H38O4. The topological polar surface area (TPSA) is 44.7 Å². The predicted octanol–water partition coefficient (Wildman–Crippen LogP) is 19.8. The van der Waals surface area contributed by atoms with E-state index in [9.17, 15) is 0 Å². The highest BCUT2D eigenvalue weighted by molar-refractivity contribution is 6.27. The molecule has 75 heavy (non-hydrogen) atoms. The normalized spacial score (nSPS) is 13.7. The zero-order chi connectivity index (χ0) is 48.6. The van der Waals surface area contributed by atoms with Gasteiger partial charge < -0.3 is 18.3 Å². The van der Waals surface area contributed by atoms with Gasteiger partial charge in [-0.3, -0.25) is 0 Å². The van der Waals surface area contributed by atoms with Crippen molar-refractivity contribution in [2.45, 2.75) is 6.42 Å². The van der Waals surface area contributed by atoms with Crippen molar-refractivity contribution in [2.75, 3.05) is 0 Å². The van der Waals surface area contributed by atoms with Gasteiger partial charge in [0.05, 0.1) is 0 Å². The SMILES string of the molecule is C1=Cc2ccc(-c3cccc4ccccc34)c3c2CC2=C1Oc1c(-c4ccc(-c5ccc6ccc7oc8c(-c9cccc%10ccccc9%10)ccc9ccc%10oc5c6c7-c%10c98)c5ccccc45)ccc4ccc(c2c14)O3. The molecule has 13 aromatic rings. The van der Waals surface area contributed by atoms with E-state index in [2.05, 4.69) is 218 Å². The number of hydrogen-bond acceptors (Lipinski definition) is 4. The summed E-state index contributed by atoms with van der Waals surface area (Å²) < 4.78 is 28.9. The first-order valence-electron chi connectivity index (χ1n) is 25.8. The Labute approximate surface area is 428 Å². The van der Waals surface area contributed by atoms with Crippen LogP contribution in [0, 0.1) is 0 Å². The maximum Gasteiger partial charge on any atom is 0.143 e. The zero-order valence-corrected chi connectivity index (χ0v) is 40.1. The van der Waals surface area contributed by atoms with Crippen LogP contribution in [0.5, 0.6) is 17.2 Å². The third-order valence-electron chi connectivity index (χ3n) is 16.7. The third-order valence-corrected chi connectivity index (χ3v) is 16.7. The number of ether oxygens (including phenoxy) is 2. The molecule has 13 aromatic carbocycles. The monoisotopic (exact) mass is 954 g/mol. The molecule has 4 aliphatic heterocycles. The summed E-state index contributed by atoms with van der Waals surface area (Å²) in [5.74, 6) is 3.45. The van der Waals surface area contributed by atoms with E-state index in [0.717, 1.165) is 161 Å². The van der Waals surface area contributed by atoms with E-state index >= 15 is 0 Å². The van der Waals surface area contributed by atoms with Gasteiger partial charge in [0.1, 0.15) is 45.3 Å². The molecule has 2 bridgehead atoms. The Morgan fingerprint density at radius 1 is 0.307 bits per heavy atom. The molecule has 0 fully saturated rings. The van der Waals surface area contributed by atoms with Gasteiger partial charge in [-0.1, -0.05) is 170 Å². The van der Waals surface area contributed by atoms with Crippen molar-refractivity contribution in [1.82, 2.24) is 0 Å². The molecule has 0 amide bonds. The summed E-state index contributed by atoms with van der Waals surface area (Å²) in [7, 11) is 0. The molecule has 0 saturated carbocycles. The molecule has 346 valence electrons. The maximum absolute atomic E-state index is 7.26. The fraction of sp³-hybridized carbons (Fsp3) is 0.0141. The molecule has 18 rings (SSSR count). The van der Waals surface area contributed by atoms with E-state index in [1.165, 1.54) is 27.1 Å². The molecular weight excluding hydrogens is 917 g/mol. The van der Waals surface area contributed by atoms with Crippen LogP contribution in [0.3, 0.4) is 0 Å². The molecule has 0 radical (unpaired) electrons. The van der Waals surface area contributed by atoms with Crippen LogP contribution in [0.15, 0.2) is 227 Å². The lowest BCUT2D eigenvalue weighted by molar-refractivity contribution is 0.448. The van der Waals surface area contributed by atoms with Gasteiger partial charge in [-0.2, -0.15) is 0 Å². The molecule has 0 spiro atoms. The molecule has 0 N–H and O–H groups in total. The molecule has 5 aliphatic rings. The second-order valence-electron chi connectivity index (χ2n) is 20.5. The van der Waals surface area contributed by atoms with Crippen molar-refractivity contribution in [2.24, 2.45) is 0 Å². The Morgan fingerprint density at radius 3 is 1.44 bits per heavy atom. The second-order valence-corrected chi connectivity index (χ2v) is 20.5. The van der Waals surface area contributed by atoms with Crippen LogP contribution in [0.4, 0.5) is 0 Å². The molecule has 0 saturated heterocycles. The Balaban J connectivity index is 0.818. The van der Waals surface area contributed by atoms with Gasteiger partial charge in [-0.15, -0.1) is 0 Å². The fourth-order valence-electron chi connectivity index (χ4n) is 13.4. The van der Waals surface area contributed by atoms with Crippen molar-refractivity contribution >= 4 is 98.6 Å². The summed E-state index contributed by atoms with van der Waals surface area (Å²) in [5, 5.41) is 13.6. The number of benzene rings is 13. The van der Waals surface area contributed by atoms with Crippen molar-refractivity contribution in [1.29, 1.82) is 0 Å². The third kappa shape index (κ3) is 5.29. The van der Waals surface area contributed by atoms with Crippen LogP contribution in [-0.4, -0.2) is 0 Å². The van der Waals surface area contributed by atoms with Crippen molar-refractivity contribution in [3.63, 3.8) is 0 Å².